The molecule has 3 heteroatoms. The molecule has 0 heterocycles. The van der Waals surface area contributed by atoms with E-state index in [0.717, 1.165) is 19.4 Å². The van der Waals surface area contributed by atoms with E-state index in [1.165, 1.54) is 0 Å². The summed E-state index contributed by atoms with van der Waals surface area (Å²) in [5.41, 5.74) is 5.61. The lowest BCUT2D eigenvalue weighted by atomic mass is 10.0. The van der Waals surface area contributed by atoms with Crippen LogP contribution in [0.1, 0.15) is 33.1 Å². The van der Waals surface area contributed by atoms with E-state index in [9.17, 15) is 4.79 Å². The number of nitrogens with two attached hydrogens (primary N) is 1. The van der Waals surface area contributed by atoms with Gasteiger partial charge in [0.05, 0.1) is 6.04 Å². The van der Waals surface area contributed by atoms with Gasteiger partial charge in [0.15, 0.2) is 0 Å². The molecule has 0 aliphatic heterocycles. The molecule has 0 bridgehead atoms. The highest BCUT2D eigenvalue weighted by Crippen LogP contribution is 2.05. The van der Waals surface area contributed by atoms with Crippen LogP contribution in [0.15, 0.2) is 12.7 Å². The molecule has 0 aliphatic carbocycles. The van der Waals surface area contributed by atoms with E-state index < -0.39 is 6.04 Å². The minimum absolute atomic E-state index is 0.0724. The standard InChI is InChI=1S/C11H22N2O/c1-4-7-10(12)11(14)13-8-9(5-2)6-3/h4,9-10H,1,5-8,12H2,2-3H3,(H,13,14). The molecule has 0 aromatic rings. The van der Waals surface area contributed by atoms with Crippen molar-refractivity contribution in [3.63, 3.8) is 0 Å². The molecule has 82 valence electrons. The van der Waals surface area contributed by atoms with Crippen LogP contribution in [0.4, 0.5) is 0 Å². The Morgan fingerprint density at radius 3 is 2.50 bits per heavy atom. The van der Waals surface area contributed by atoms with E-state index in [1.54, 1.807) is 6.08 Å². The fourth-order valence-corrected chi connectivity index (χ4v) is 1.24. The Balaban J connectivity index is 3.76. The molecule has 0 spiro atoms. The molecular weight excluding hydrogens is 176 g/mol. The fourth-order valence-electron chi connectivity index (χ4n) is 1.24. The maximum atomic E-state index is 11.4. The third kappa shape index (κ3) is 5.02. The van der Waals surface area contributed by atoms with Gasteiger partial charge in [0.2, 0.25) is 5.91 Å². The van der Waals surface area contributed by atoms with Crippen LogP contribution in [0.2, 0.25) is 0 Å². The predicted molar refractivity (Wildman–Crippen MR) is 59.9 cm³/mol. The molecule has 0 saturated carbocycles. The third-order valence-electron chi connectivity index (χ3n) is 2.48. The SMILES string of the molecule is C=CCC(N)C(=O)NCC(CC)CC. The van der Waals surface area contributed by atoms with Gasteiger partial charge in [0.1, 0.15) is 0 Å². The van der Waals surface area contributed by atoms with Crippen LogP contribution >= 0.6 is 0 Å². The van der Waals surface area contributed by atoms with Gasteiger partial charge in [-0.05, 0) is 12.3 Å². The Morgan fingerprint density at radius 1 is 1.50 bits per heavy atom. The van der Waals surface area contributed by atoms with Gasteiger partial charge in [0.25, 0.3) is 0 Å². The highest BCUT2D eigenvalue weighted by atomic mass is 16.2. The Hall–Kier alpha value is -0.830. The van der Waals surface area contributed by atoms with Crippen LogP contribution < -0.4 is 11.1 Å². The summed E-state index contributed by atoms with van der Waals surface area (Å²) in [6.45, 7) is 8.54. The highest BCUT2D eigenvalue weighted by Gasteiger charge is 2.12. The summed E-state index contributed by atoms with van der Waals surface area (Å²) in [6, 6.07) is -0.443. The number of carbonyl (C=O) groups excluding carboxylic acids is 1. The zero-order valence-corrected chi connectivity index (χ0v) is 9.25. The first kappa shape index (κ1) is 13.2. The van der Waals surface area contributed by atoms with Crippen LogP contribution in [-0.2, 0) is 4.79 Å². The quantitative estimate of drug-likeness (QED) is 0.608. The molecule has 0 aromatic carbocycles. The summed E-state index contributed by atoms with van der Waals surface area (Å²) in [5.74, 6) is 0.492. The molecular formula is C11H22N2O. The number of hydrogen-bond donors (Lipinski definition) is 2. The molecule has 0 fully saturated rings. The maximum Gasteiger partial charge on any atom is 0.237 e. The monoisotopic (exact) mass is 198 g/mol. The highest BCUT2D eigenvalue weighted by molar-refractivity contribution is 5.81. The van der Waals surface area contributed by atoms with Crippen LogP contribution in [-0.4, -0.2) is 18.5 Å². The first-order valence-electron chi connectivity index (χ1n) is 5.29. The zero-order valence-electron chi connectivity index (χ0n) is 9.25. The van der Waals surface area contributed by atoms with Crippen LogP contribution in [0.25, 0.3) is 0 Å². The fraction of sp³-hybridized carbons (Fsp3) is 0.727. The van der Waals surface area contributed by atoms with Crippen molar-refractivity contribution < 1.29 is 4.79 Å². The lowest BCUT2D eigenvalue weighted by Gasteiger charge is -2.15. The van der Waals surface area contributed by atoms with E-state index in [0.29, 0.717) is 12.3 Å². The van der Waals surface area contributed by atoms with Gasteiger partial charge >= 0.3 is 0 Å². The zero-order chi connectivity index (χ0) is 11.0. The Labute approximate surface area is 86.8 Å². The van der Waals surface area contributed by atoms with Crippen LogP contribution in [0.3, 0.4) is 0 Å². The summed E-state index contributed by atoms with van der Waals surface area (Å²) < 4.78 is 0. The molecule has 0 aliphatic rings. The molecule has 0 aromatic heterocycles. The summed E-state index contributed by atoms with van der Waals surface area (Å²) in [5, 5.41) is 2.86. The minimum Gasteiger partial charge on any atom is -0.354 e. The van der Waals surface area contributed by atoms with E-state index in [4.69, 9.17) is 5.73 Å². The first-order valence-corrected chi connectivity index (χ1v) is 5.29. The largest absolute Gasteiger partial charge is 0.354 e. The number of amides is 1. The second kappa shape index (κ2) is 7.56. The minimum atomic E-state index is -0.443. The van der Waals surface area contributed by atoms with Gasteiger partial charge in [-0.3, -0.25) is 4.79 Å². The van der Waals surface area contributed by atoms with Gasteiger partial charge in [0, 0.05) is 6.54 Å². The molecule has 0 saturated heterocycles. The van der Waals surface area contributed by atoms with Crippen LogP contribution in [0.5, 0.6) is 0 Å². The van der Waals surface area contributed by atoms with Gasteiger partial charge in [-0.15, -0.1) is 6.58 Å². The van der Waals surface area contributed by atoms with Crippen molar-refractivity contribution in [3.05, 3.63) is 12.7 Å². The maximum absolute atomic E-state index is 11.4. The van der Waals surface area contributed by atoms with Gasteiger partial charge < -0.3 is 11.1 Å². The Bertz CT molecular complexity index is 176. The second-order valence-electron chi connectivity index (χ2n) is 3.56. The third-order valence-corrected chi connectivity index (χ3v) is 2.48. The normalized spacial score (nSPS) is 12.6. The van der Waals surface area contributed by atoms with Crippen molar-refractivity contribution in [1.82, 2.24) is 5.32 Å². The summed E-state index contributed by atoms with van der Waals surface area (Å²) in [6.07, 6.45) is 4.39. The summed E-state index contributed by atoms with van der Waals surface area (Å²) in [4.78, 5) is 11.4. The van der Waals surface area contributed by atoms with Gasteiger partial charge in [-0.2, -0.15) is 0 Å². The van der Waals surface area contributed by atoms with Gasteiger partial charge in [-0.25, -0.2) is 0 Å². The molecule has 1 atom stereocenters. The van der Waals surface area contributed by atoms with Gasteiger partial charge in [-0.1, -0.05) is 32.8 Å². The van der Waals surface area contributed by atoms with Crippen molar-refractivity contribution >= 4 is 5.91 Å². The number of nitrogens with one attached hydrogen (secondary N) is 1. The average Bonchev–Trinajstić information content (AvgIpc) is 2.19. The Morgan fingerprint density at radius 2 is 2.07 bits per heavy atom. The summed E-state index contributed by atoms with van der Waals surface area (Å²) in [7, 11) is 0. The van der Waals surface area contributed by atoms with E-state index in [2.05, 4.69) is 25.7 Å². The van der Waals surface area contributed by atoms with Crippen molar-refractivity contribution in [2.45, 2.75) is 39.2 Å². The van der Waals surface area contributed by atoms with E-state index in [1.807, 2.05) is 0 Å². The molecule has 1 amide bonds. The topological polar surface area (TPSA) is 55.1 Å². The molecule has 0 radical (unpaired) electrons. The second-order valence-corrected chi connectivity index (χ2v) is 3.56. The molecule has 3 nitrogen and oxygen atoms in total. The molecule has 0 rings (SSSR count). The Kier molecular flexibility index (Phi) is 7.11. The number of hydrogen-bond acceptors (Lipinski definition) is 2. The van der Waals surface area contributed by atoms with E-state index in [-0.39, 0.29) is 5.91 Å². The van der Waals surface area contributed by atoms with Crippen molar-refractivity contribution in [2.75, 3.05) is 6.54 Å². The van der Waals surface area contributed by atoms with E-state index >= 15 is 0 Å². The van der Waals surface area contributed by atoms with Crippen molar-refractivity contribution in [3.8, 4) is 0 Å². The lowest BCUT2D eigenvalue weighted by molar-refractivity contribution is -0.122. The average molecular weight is 198 g/mol. The predicted octanol–water partition coefficient (Wildman–Crippen LogP) is 1.44. The molecule has 3 N–H and O–H groups in total. The number of rotatable bonds is 7. The molecule has 1 unspecified atom stereocenters. The van der Waals surface area contributed by atoms with Crippen molar-refractivity contribution in [1.29, 1.82) is 0 Å². The number of carbonyl (C=O) groups is 1. The van der Waals surface area contributed by atoms with Crippen LogP contribution in [0, 0.1) is 5.92 Å². The molecule has 14 heavy (non-hydrogen) atoms. The van der Waals surface area contributed by atoms with Crippen molar-refractivity contribution in [2.24, 2.45) is 11.7 Å². The first-order chi connectivity index (χ1) is 6.65. The lowest BCUT2D eigenvalue weighted by Crippen LogP contribution is -2.42. The smallest absolute Gasteiger partial charge is 0.237 e. The summed E-state index contributed by atoms with van der Waals surface area (Å²) >= 11 is 0.